The van der Waals surface area contributed by atoms with E-state index in [0.717, 1.165) is 16.7 Å². The molecule has 0 radical (unpaired) electrons. The van der Waals surface area contributed by atoms with Crippen molar-refractivity contribution >= 4 is 35.1 Å². The van der Waals surface area contributed by atoms with Crippen LogP contribution in [-0.2, 0) is 30.2 Å². The molecule has 3 rings (SSSR count). The van der Waals surface area contributed by atoms with Crippen LogP contribution < -0.4 is 5.73 Å². The Balaban J connectivity index is 0.000000593. The van der Waals surface area contributed by atoms with Crippen molar-refractivity contribution in [3.05, 3.63) is 58.1 Å². The monoisotopic (exact) mass is 499 g/mol. The fourth-order valence-electron chi connectivity index (χ4n) is 2.93. The second-order valence-electron chi connectivity index (χ2n) is 6.82. The van der Waals surface area contributed by atoms with E-state index in [2.05, 4.69) is 10.5 Å². The maximum absolute atomic E-state index is 11.6. The number of benzene rings is 2. The Morgan fingerprint density at radius 2 is 1.73 bits per heavy atom. The average Bonchev–Trinajstić information content (AvgIpc) is 2.79. The van der Waals surface area contributed by atoms with Crippen LogP contribution in [-0.4, -0.2) is 56.1 Å². The van der Waals surface area contributed by atoms with E-state index < -0.39 is 24.1 Å². The number of carbonyl (C=O) groups excluding carboxylic acids is 2. The van der Waals surface area contributed by atoms with Gasteiger partial charge in [0, 0.05) is 17.2 Å². The highest BCUT2D eigenvalue weighted by Gasteiger charge is 2.31. The van der Waals surface area contributed by atoms with Gasteiger partial charge in [-0.05, 0) is 47.7 Å². The van der Waals surface area contributed by atoms with E-state index in [-0.39, 0.29) is 13.2 Å². The van der Waals surface area contributed by atoms with Gasteiger partial charge in [0.1, 0.15) is 13.2 Å². The molecule has 1 saturated heterocycles. The van der Waals surface area contributed by atoms with Crippen LogP contribution >= 0.6 is 23.2 Å². The molecule has 0 aliphatic carbocycles. The van der Waals surface area contributed by atoms with Crippen LogP contribution in [0.3, 0.4) is 0 Å². The molecule has 1 amide bonds. The third kappa shape index (κ3) is 10.5. The van der Waals surface area contributed by atoms with Crippen LogP contribution in [0.25, 0.3) is 11.1 Å². The molecule has 1 heterocycles. The van der Waals surface area contributed by atoms with E-state index in [0.29, 0.717) is 29.5 Å². The zero-order chi connectivity index (χ0) is 24.8. The molecule has 2 atom stereocenters. The number of primary amides is 1. The predicted octanol–water partition coefficient (Wildman–Crippen LogP) is 4.04. The number of cyclic esters (lactones) is 1. The van der Waals surface area contributed by atoms with Crippen LogP contribution in [0.2, 0.25) is 10.0 Å². The summed E-state index contributed by atoms with van der Waals surface area (Å²) in [5.74, 6) is -0.926. The summed E-state index contributed by atoms with van der Waals surface area (Å²) >= 11 is 12.1. The smallest absolute Gasteiger partial charge is 0.338 e. The molecule has 1 fully saturated rings. The molecule has 182 valence electrons. The summed E-state index contributed by atoms with van der Waals surface area (Å²) in [4.78, 5) is 21.3. The van der Waals surface area contributed by atoms with Crippen LogP contribution in [0.4, 0.5) is 0 Å². The molecule has 7 nitrogen and oxygen atoms in total. The van der Waals surface area contributed by atoms with Crippen molar-refractivity contribution in [3.8, 4) is 11.1 Å². The number of hydrogen-bond acceptors (Lipinski definition) is 6. The van der Waals surface area contributed by atoms with Crippen LogP contribution in [0, 0.1) is 0 Å². The standard InChI is InChI=1S/C19H18Cl2O4.C3H7NO2.C2H6/c20-15-9-14(10-16(21)11-15)13-4-1-12(2-5-13)3-6-17(22)18-19(23)25-8-7-24-18;1-6-2-3(4)5;1-2/h1-2,4-5,9-11,17-18,22H,3,6-8H2;2H2,1H3,(H2,4,5);1-2H3. The third-order valence-corrected chi connectivity index (χ3v) is 4.81. The summed E-state index contributed by atoms with van der Waals surface area (Å²) in [5.41, 5.74) is 7.65. The van der Waals surface area contributed by atoms with Crippen molar-refractivity contribution in [3.63, 3.8) is 0 Å². The molecule has 1 aliphatic heterocycles. The fraction of sp³-hybridized carbons (Fsp3) is 0.417. The summed E-state index contributed by atoms with van der Waals surface area (Å²) < 4.78 is 14.5. The van der Waals surface area contributed by atoms with Crippen molar-refractivity contribution in [2.24, 2.45) is 5.73 Å². The van der Waals surface area contributed by atoms with Gasteiger partial charge in [-0.1, -0.05) is 61.3 Å². The molecule has 3 N–H and O–H groups in total. The number of nitrogens with two attached hydrogens (primary N) is 1. The van der Waals surface area contributed by atoms with E-state index in [1.54, 1.807) is 6.07 Å². The molecule has 2 aromatic carbocycles. The molecule has 2 aromatic rings. The molecule has 9 heteroatoms. The van der Waals surface area contributed by atoms with Crippen molar-refractivity contribution < 1.29 is 28.9 Å². The number of hydrogen-bond donors (Lipinski definition) is 2. The topological polar surface area (TPSA) is 108 Å². The Bertz CT molecular complexity index is 856. The fourth-order valence-corrected chi connectivity index (χ4v) is 3.45. The lowest BCUT2D eigenvalue weighted by Gasteiger charge is -2.25. The molecule has 0 bridgehead atoms. The Kier molecular flexibility index (Phi) is 13.7. The van der Waals surface area contributed by atoms with Crippen molar-refractivity contribution in [1.29, 1.82) is 0 Å². The summed E-state index contributed by atoms with van der Waals surface area (Å²) in [5, 5.41) is 11.3. The largest absolute Gasteiger partial charge is 0.461 e. The summed E-state index contributed by atoms with van der Waals surface area (Å²) in [7, 11) is 1.42. The lowest BCUT2D eigenvalue weighted by molar-refractivity contribution is -0.181. The molecule has 0 saturated carbocycles. The van der Waals surface area contributed by atoms with Crippen LogP contribution in [0.1, 0.15) is 25.8 Å². The number of halogens is 2. The van der Waals surface area contributed by atoms with Crippen molar-refractivity contribution in [2.45, 2.75) is 38.9 Å². The van der Waals surface area contributed by atoms with Crippen molar-refractivity contribution in [2.75, 3.05) is 26.9 Å². The highest BCUT2D eigenvalue weighted by molar-refractivity contribution is 6.35. The zero-order valence-electron chi connectivity index (χ0n) is 19.1. The maximum Gasteiger partial charge on any atom is 0.338 e. The van der Waals surface area contributed by atoms with Gasteiger partial charge >= 0.3 is 5.97 Å². The Hall–Kier alpha value is -2.16. The molecule has 33 heavy (non-hydrogen) atoms. The molecular formula is C24H31Cl2NO6. The Morgan fingerprint density at radius 3 is 2.21 bits per heavy atom. The molecular weight excluding hydrogens is 469 g/mol. The molecule has 1 aliphatic rings. The number of carbonyl (C=O) groups is 2. The number of amides is 1. The number of ether oxygens (including phenoxy) is 3. The summed E-state index contributed by atoms with van der Waals surface area (Å²) in [6.07, 6.45) is -0.715. The van der Waals surface area contributed by atoms with Gasteiger partial charge in [-0.3, -0.25) is 4.79 Å². The number of rotatable bonds is 7. The van der Waals surface area contributed by atoms with Crippen molar-refractivity contribution in [1.82, 2.24) is 0 Å². The minimum Gasteiger partial charge on any atom is -0.461 e. The quantitative estimate of drug-likeness (QED) is 0.556. The Labute approximate surface area is 204 Å². The Morgan fingerprint density at radius 1 is 1.12 bits per heavy atom. The van der Waals surface area contributed by atoms with E-state index >= 15 is 0 Å². The lowest BCUT2D eigenvalue weighted by Crippen LogP contribution is -2.42. The van der Waals surface area contributed by atoms with Gasteiger partial charge < -0.3 is 25.1 Å². The predicted molar refractivity (Wildman–Crippen MR) is 129 cm³/mol. The molecule has 0 spiro atoms. The number of esters is 1. The second-order valence-corrected chi connectivity index (χ2v) is 7.69. The first-order valence-electron chi connectivity index (χ1n) is 10.6. The van der Waals surface area contributed by atoms with Crippen LogP contribution in [0.15, 0.2) is 42.5 Å². The molecule has 0 aromatic heterocycles. The first-order chi connectivity index (χ1) is 15.8. The van der Waals surface area contributed by atoms with Gasteiger partial charge in [0.2, 0.25) is 5.91 Å². The lowest BCUT2D eigenvalue weighted by atomic mass is 10.00. The minimum absolute atomic E-state index is 0.0139. The summed E-state index contributed by atoms with van der Waals surface area (Å²) in [6.45, 7) is 4.58. The van der Waals surface area contributed by atoms with Gasteiger partial charge in [0.15, 0.2) is 6.10 Å². The van der Waals surface area contributed by atoms with Gasteiger partial charge in [0.25, 0.3) is 0 Å². The van der Waals surface area contributed by atoms with Gasteiger partial charge in [-0.25, -0.2) is 4.79 Å². The minimum atomic E-state index is -0.887. The third-order valence-electron chi connectivity index (χ3n) is 4.37. The average molecular weight is 500 g/mol. The van der Waals surface area contributed by atoms with E-state index in [9.17, 15) is 14.7 Å². The van der Waals surface area contributed by atoms with Gasteiger partial charge in [-0.2, -0.15) is 0 Å². The van der Waals surface area contributed by atoms with E-state index in [4.69, 9.17) is 32.7 Å². The second kappa shape index (κ2) is 15.6. The van der Waals surface area contributed by atoms with Gasteiger partial charge in [0.05, 0.1) is 12.7 Å². The number of aryl methyl sites for hydroxylation is 1. The van der Waals surface area contributed by atoms with E-state index in [1.165, 1.54) is 7.11 Å². The number of aliphatic hydroxyl groups is 1. The summed E-state index contributed by atoms with van der Waals surface area (Å²) in [6, 6.07) is 13.3. The normalized spacial score (nSPS) is 15.8. The number of aliphatic hydroxyl groups excluding tert-OH is 1. The van der Waals surface area contributed by atoms with Gasteiger partial charge in [-0.15, -0.1) is 0 Å². The SMILES string of the molecule is CC.COCC(N)=O.O=C1OCCOC1C(O)CCc1ccc(-c2cc(Cl)cc(Cl)c2)cc1. The highest BCUT2D eigenvalue weighted by atomic mass is 35.5. The van der Waals surface area contributed by atoms with Crippen LogP contribution in [0.5, 0.6) is 0 Å². The maximum atomic E-state index is 11.6. The van der Waals surface area contributed by atoms with E-state index in [1.807, 2.05) is 50.2 Å². The first kappa shape index (κ1) is 28.9. The molecule has 2 unspecified atom stereocenters. The highest BCUT2D eigenvalue weighted by Crippen LogP contribution is 2.27. The number of methoxy groups -OCH3 is 1. The zero-order valence-corrected chi connectivity index (χ0v) is 20.6. The first-order valence-corrected chi connectivity index (χ1v) is 11.3.